The van der Waals surface area contributed by atoms with Gasteiger partial charge in [-0.05, 0) is 48.1 Å². The van der Waals surface area contributed by atoms with Crippen LogP contribution in [0.25, 0.3) is 0 Å². The van der Waals surface area contributed by atoms with Gasteiger partial charge in [0.25, 0.3) is 10.0 Å². The van der Waals surface area contributed by atoms with Crippen LogP contribution in [0.2, 0.25) is 0 Å². The van der Waals surface area contributed by atoms with E-state index in [9.17, 15) is 21.6 Å². The lowest BCUT2D eigenvalue weighted by Crippen LogP contribution is -2.55. The number of carbonyl (C=O) groups excluding carboxylic acids is 1. The third-order valence-corrected chi connectivity index (χ3v) is 10.3. The van der Waals surface area contributed by atoms with E-state index in [2.05, 4.69) is 4.98 Å². The fourth-order valence-corrected chi connectivity index (χ4v) is 7.77. The molecule has 0 saturated heterocycles. The highest BCUT2D eigenvalue weighted by Crippen LogP contribution is 2.35. The molecule has 0 spiro atoms. The number of ether oxygens (including phenoxy) is 2. The van der Waals surface area contributed by atoms with Crippen LogP contribution < -0.4 is 15.2 Å². The van der Waals surface area contributed by atoms with E-state index in [1.165, 1.54) is 25.1 Å². The topological polar surface area (TPSA) is 146 Å². The predicted octanol–water partition coefficient (Wildman–Crippen LogP) is 2.78. The molecule has 40 heavy (non-hydrogen) atoms. The predicted molar refractivity (Wildman–Crippen MR) is 150 cm³/mol. The Bertz CT molecular complexity index is 1530. The van der Waals surface area contributed by atoms with Gasteiger partial charge in [-0.1, -0.05) is 50.2 Å². The molecule has 1 amide bonds. The van der Waals surface area contributed by atoms with Gasteiger partial charge in [-0.2, -0.15) is 0 Å². The molecule has 12 heteroatoms. The van der Waals surface area contributed by atoms with E-state index in [4.69, 9.17) is 15.2 Å². The SMILES string of the molecule is CC(CS(=O)(=O)CCc1cccnc1)C(=O)N([C@H](N)[C@@H](C)Cc1ccccc1)S(=O)(=O)c1ccc2c(c1)OCO2. The van der Waals surface area contributed by atoms with Crippen molar-refractivity contribution < 1.29 is 31.1 Å². The zero-order valence-electron chi connectivity index (χ0n) is 22.3. The van der Waals surface area contributed by atoms with E-state index in [0.717, 1.165) is 11.1 Å². The van der Waals surface area contributed by atoms with Gasteiger partial charge < -0.3 is 15.2 Å². The standard InChI is InChI=1S/C28H33N3O7S2/c1-20(15-22-7-4-3-5-8-22)27(29)31(40(35,36)24-10-11-25-26(16-24)38-19-37-25)28(32)21(2)18-39(33,34)14-12-23-9-6-13-30-17-23/h3-11,13,16-17,20-21,27H,12,14-15,18-19,29H2,1-2H3/t20-,21?,27-/m0/s1. The summed E-state index contributed by atoms with van der Waals surface area (Å²) in [5.74, 6) is -2.67. The lowest BCUT2D eigenvalue weighted by atomic mass is 9.98. The number of carbonyl (C=O) groups is 1. The van der Waals surface area contributed by atoms with Crippen molar-refractivity contribution in [3.05, 3.63) is 84.2 Å². The molecule has 3 aromatic rings. The van der Waals surface area contributed by atoms with Gasteiger partial charge in [0.1, 0.15) is 0 Å². The molecule has 1 aliphatic heterocycles. The second kappa shape index (κ2) is 12.4. The van der Waals surface area contributed by atoms with E-state index >= 15 is 0 Å². The molecular weight excluding hydrogens is 554 g/mol. The number of aromatic nitrogens is 1. The average Bonchev–Trinajstić information content (AvgIpc) is 3.41. The first-order chi connectivity index (χ1) is 19.0. The highest BCUT2D eigenvalue weighted by Gasteiger charge is 2.40. The summed E-state index contributed by atoms with van der Waals surface area (Å²) < 4.78 is 65.0. The van der Waals surface area contributed by atoms with Crippen LogP contribution in [-0.2, 0) is 37.5 Å². The molecular formula is C28H33N3O7S2. The van der Waals surface area contributed by atoms with Gasteiger partial charge in [0.15, 0.2) is 21.3 Å². The van der Waals surface area contributed by atoms with Gasteiger partial charge in [-0.15, -0.1) is 0 Å². The smallest absolute Gasteiger partial charge is 0.268 e. The van der Waals surface area contributed by atoms with Gasteiger partial charge in [0.05, 0.1) is 28.5 Å². The van der Waals surface area contributed by atoms with Crippen LogP contribution in [0.5, 0.6) is 11.5 Å². The van der Waals surface area contributed by atoms with Gasteiger partial charge in [-0.25, -0.2) is 21.1 Å². The highest BCUT2D eigenvalue weighted by atomic mass is 32.2. The number of benzene rings is 2. The van der Waals surface area contributed by atoms with Crippen LogP contribution in [0.3, 0.4) is 0 Å². The van der Waals surface area contributed by atoms with Crippen molar-refractivity contribution in [3.63, 3.8) is 0 Å². The number of fused-ring (bicyclic) bond motifs is 1. The van der Waals surface area contributed by atoms with Crippen molar-refractivity contribution in [1.29, 1.82) is 0 Å². The number of hydrogen-bond donors (Lipinski definition) is 1. The normalized spacial score (nSPS) is 15.3. The second-order valence-electron chi connectivity index (χ2n) is 9.94. The van der Waals surface area contributed by atoms with Crippen LogP contribution >= 0.6 is 0 Å². The Balaban J connectivity index is 1.60. The monoisotopic (exact) mass is 587 g/mol. The molecule has 1 unspecified atom stereocenters. The first-order valence-electron chi connectivity index (χ1n) is 12.8. The third kappa shape index (κ3) is 6.98. The van der Waals surface area contributed by atoms with E-state index < -0.39 is 49.5 Å². The summed E-state index contributed by atoms with van der Waals surface area (Å²) in [5.41, 5.74) is 8.16. The summed E-state index contributed by atoms with van der Waals surface area (Å²) in [6.07, 6.45) is 2.54. The molecule has 0 bridgehead atoms. The highest BCUT2D eigenvalue weighted by molar-refractivity contribution is 7.91. The molecule has 3 atom stereocenters. The molecule has 1 aliphatic rings. The molecule has 10 nitrogen and oxygen atoms in total. The number of nitrogens with two attached hydrogens (primary N) is 1. The maximum atomic E-state index is 13.9. The zero-order chi connectivity index (χ0) is 28.9. The number of nitrogens with zero attached hydrogens (tertiary/aromatic N) is 2. The molecule has 214 valence electrons. The Morgan fingerprint density at radius 1 is 0.975 bits per heavy atom. The summed E-state index contributed by atoms with van der Waals surface area (Å²) in [4.78, 5) is 17.6. The fraction of sp³-hybridized carbons (Fsp3) is 0.357. The molecule has 0 aliphatic carbocycles. The molecule has 2 heterocycles. The number of amides is 1. The first-order valence-corrected chi connectivity index (χ1v) is 16.1. The van der Waals surface area contributed by atoms with Crippen molar-refractivity contribution in [2.45, 2.75) is 37.8 Å². The van der Waals surface area contributed by atoms with Crippen LogP contribution in [-0.4, -0.2) is 56.5 Å². The van der Waals surface area contributed by atoms with Gasteiger partial charge in [0.2, 0.25) is 12.7 Å². The quantitative estimate of drug-likeness (QED) is 0.316. The van der Waals surface area contributed by atoms with Crippen molar-refractivity contribution in [2.75, 3.05) is 18.3 Å². The summed E-state index contributed by atoms with van der Waals surface area (Å²) in [5, 5.41) is 0. The Hall–Kier alpha value is -3.48. The van der Waals surface area contributed by atoms with Crippen molar-refractivity contribution >= 4 is 25.8 Å². The molecule has 2 N–H and O–H groups in total. The van der Waals surface area contributed by atoms with Crippen molar-refractivity contribution in [2.24, 2.45) is 17.6 Å². The maximum Gasteiger partial charge on any atom is 0.268 e. The average molecular weight is 588 g/mol. The molecule has 1 aromatic heterocycles. The zero-order valence-corrected chi connectivity index (χ0v) is 24.0. The lowest BCUT2D eigenvalue weighted by molar-refractivity contribution is -0.131. The Morgan fingerprint density at radius 2 is 1.68 bits per heavy atom. The number of aryl methyl sites for hydroxylation is 1. The van der Waals surface area contributed by atoms with Crippen molar-refractivity contribution in [1.82, 2.24) is 9.29 Å². The van der Waals surface area contributed by atoms with E-state index in [-0.39, 0.29) is 29.6 Å². The molecule has 4 rings (SSSR count). The van der Waals surface area contributed by atoms with Gasteiger partial charge in [-0.3, -0.25) is 9.78 Å². The summed E-state index contributed by atoms with van der Waals surface area (Å²) in [6, 6.07) is 16.9. The summed E-state index contributed by atoms with van der Waals surface area (Å²) in [7, 11) is -8.21. The van der Waals surface area contributed by atoms with Crippen LogP contribution in [0, 0.1) is 11.8 Å². The van der Waals surface area contributed by atoms with E-state index in [1.807, 2.05) is 30.3 Å². The summed E-state index contributed by atoms with van der Waals surface area (Å²) >= 11 is 0. The van der Waals surface area contributed by atoms with E-state index in [1.54, 1.807) is 31.5 Å². The minimum atomic E-state index is -4.49. The number of pyridine rings is 1. The number of sulfonamides is 1. The number of hydrogen-bond acceptors (Lipinski definition) is 9. The van der Waals surface area contributed by atoms with Gasteiger partial charge >= 0.3 is 0 Å². The van der Waals surface area contributed by atoms with Gasteiger partial charge in [0, 0.05) is 18.5 Å². The Labute approximate surface area is 235 Å². The Morgan fingerprint density at radius 3 is 2.38 bits per heavy atom. The summed E-state index contributed by atoms with van der Waals surface area (Å²) in [6.45, 7) is 3.10. The fourth-order valence-electron chi connectivity index (χ4n) is 4.49. The second-order valence-corrected chi connectivity index (χ2v) is 14.0. The molecule has 0 radical (unpaired) electrons. The minimum Gasteiger partial charge on any atom is -0.454 e. The largest absolute Gasteiger partial charge is 0.454 e. The lowest BCUT2D eigenvalue weighted by Gasteiger charge is -2.34. The Kier molecular flexibility index (Phi) is 9.12. The van der Waals surface area contributed by atoms with Crippen LogP contribution in [0.15, 0.2) is 78.0 Å². The van der Waals surface area contributed by atoms with Crippen molar-refractivity contribution in [3.8, 4) is 11.5 Å². The maximum absolute atomic E-state index is 13.9. The molecule has 2 aromatic carbocycles. The number of sulfone groups is 1. The minimum absolute atomic E-state index is 0.0525. The molecule has 0 saturated carbocycles. The van der Waals surface area contributed by atoms with Crippen LogP contribution in [0.4, 0.5) is 0 Å². The first kappa shape index (κ1) is 29.5. The molecule has 0 fully saturated rings. The van der Waals surface area contributed by atoms with Crippen LogP contribution in [0.1, 0.15) is 25.0 Å². The van der Waals surface area contributed by atoms with E-state index in [0.29, 0.717) is 16.5 Å². The number of rotatable bonds is 12. The third-order valence-electron chi connectivity index (χ3n) is 6.72.